The van der Waals surface area contributed by atoms with Gasteiger partial charge in [-0.15, -0.1) is 0 Å². The van der Waals surface area contributed by atoms with Crippen LogP contribution in [0.1, 0.15) is 11.1 Å². The zero-order valence-corrected chi connectivity index (χ0v) is 12.0. The molecular formula is C14H15BrN2O. The first kappa shape index (κ1) is 12.9. The van der Waals surface area contributed by atoms with Gasteiger partial charge in [-0.3, -0.25) is 0 Å². The lowest BCUT2D eigenvalue weighted by atomic mass is 10.2. The Labute approximate surface area is 115 Å². The molecule has 0 aliphatic carbocycles. The minimum atomic E-state index is 0.661. The number of rotatable bonds is 4. The molecule has 0 radical (unpaired) electrons. The van der Waals surface area contributed by atoms with E-state index in [-0.39, 0.29) is 0 Å². The largest absolute Gasteiger partial charge is 0.481 e. The van der Waals surface area contributed by atoms with E-state index in [9.17, 15) is 0 Å². The van der Waals surface area contributed by atoms with Gasteiger partial charge >= 0.3 is 0 Å². The summed E-state index contributed by atoms with van der Waals surface area (Å²) in [4.78, 5) is 4.18. The van der Waals surface area contributed by atoms with Crippen molar-refractivity contribution in [2.24, 2.45) is 0 Å². The standard InChI is InChI=1S/C14H15BrN2O/c1-10-5-3-7-12(13(10)15)17-9-11-6-4-8-16-14(11)18-2/h3-8,17H,9H2,1-2H3. The van der Waals surface area contributed by atoms with Crippen LogP contribution < -0.4 is 10.1 Å². The molecule has 0 fully saturated rings. The summed E-state index contributed by atoms with van der Waals surface area (Å²) in [5, 5.41) is 3.38. The first-order valence-corrected chi connectivity index (χ1v) is 6.48. The Bertz CT molecular complexity index is 543. The van der Waals surface area contributed by atoms with Gasteiger partial charge in [0.15, 0.2) is 0 Å². The van der Waals surface area contributed by atoms with Crippen LogP contribution in [0.15, 0.2) is 41.0 Å². The van der Waals surface area contributed by atoms with Crippen molar-refractivity contribution in [3.8, 4) is 5.88 Å². The minimum Gasteiger partial charge on any atom is -0.481 e. The van der Waals surface area contributed by atoms with E-state index in [1.165, 1.54) is 5.56 Å². The Morgan fingerprint density at radius 2 is 2.11 bits per heavy atom. The normalized spacial score (nSPS) is 10.2. The Kier molecular flexibility index (Phi) is 4.20. The third-order valence-corrected chi connectivity index (χ3v) is 3.76. The van der Waals surface area contributed by atoms with E-state index in [0.29, 0.717) is 12.4 Å². The van der Waals surface area contributed by atoms with E-state index in [2.05, 4.69) is 39.2 Å². The summed E-state index contributed by atoms with van der Waals surface area (Å²) in [6, 6.07) is 10.1. The summed E-state index contributed by atoms with van der Waals surface area (Å²) in [6.45, 7) is 2.75. The number of aryl methyl sites for hydroxylation is 1. The molecule has 4 heteroatoms. The summed E-state index contributed by atoms with van der Waals surface area (Å²) in [7, 11) is 1.63. The molecule has 1 aromatic carbocycles. The maximum atomic E-state index is 5.22. The summed E-state index contributed by atoms with van der Waals surface area (Å²) in [5.74, 6) is 0.661. The number of pyridine rings is 1. The van der Waals surface area contributed by atoms with Crippen molar-refractivity contribution in [2.45, 2.75) is 13.5 Å². The fraction of sp³-hybridized carbons (Fsp3) is 0.214. The van der Waals surface area contributed by atoms with Gasteiger partial charge in [0, 0.05) is 28.5 Å². The van der Waals surface area contributed by atoms with E-state index in [1.807, 2.05) is 24.3 Å². The van der Waals surface area contributed by atoms with Crippen LogP contribution in [0.25, 0.3) is 0 Å². The summed E-state index contributed by atoms with van der Waals surface area (Å²) < 4.78 is 6.32. The minimum absolute atomic E-state index is 0.661. The molecule has 1 heterocycles. The molecule has 1 aromatic heterocycles. The number of ether oxygens (including phenoxy) is 1. The molecule has 3 nitrogen and oxygen atoms in total. The Morgan fingerprint density at radius 1 is 1.28 bits per heavy atom. The van der Waals surface area contributed by atoms with Gasteiger partial charge in [0.05, 0.1) is 7.11 Å². The van der Waals surface area contributed by atoms with Crippen LogP contribution >= 0.6 is 15.9 Å². The molecule has 0 aliphatic rings. The van der Waals surface area contributed by atoms with E-state index in [4.69, 9.17) is 4.74 Å². The lowest BCUT2D eigenvalue weighted by Crippen LogP contribution is -2.03. The number of hydrogen-bond donors (Lipinski definition) is 1. The highest BCUT2D eigenvalue weighted by Gasteiger charge is 2.05. The van der Waals surface area contributed by atoms with Crippen molar-refractivity contribution in [2.75, 3.05) is 12.4 Å². The summed E-state index contributed by atoms with van der Waals surface area (Å²) in [5.41, 5.74) is 3.31. The van der Waals surface area contributed by atoms with Crippen LogP contribution in [-0.2, 0) is 6.54 Å². The predicted molar refractivity (Wildman–Crippen MR) is 77.0 cm³/mol. The molecule has 94 valence electrons. The van der Waals surface area contributed by atoms with Crippen molar-refractivity contribution < 1.29 is 4.74 Å². The maximum absolute atomic E-state index is 5.22. The van der Waals surface area contributed by atoms with E-state index in [1.54, 1.807) is 13.3 Å². The summed E-state index contributed by atoms with van der Waals surface area (Å²) in [6.07, 6.45) is 1.73. The van der Waals surface area contributed by atoms with Gasteiger partial charge < -0.3 is 10.1 Å². The molecule has 2 aromatic rings. The third kappa shape index (κ3) is 2.82. The average Bonchev–Trinajstić information content (AvgIpc) is 2.41. The number of methoxy groups -OCH3 is 1. The topological polar surface area (TPSA) is 34.1 Å². The second kappa shape index (κ2) is 5.87. The van der Waals surface area contributed by atoms with E-state index >= 15 is 0 Å². The molecule has 0 saturated carbocycles. The molecule has 18 heavy (non-hydrogen) atoms. The zero-order chi connectivity index (χ0) is 13.0. The smallest absolute Gasteiger partial charge is 0.218 e. The van der Waals surface area contributed by atoms with E-state index < -0.39 is 0 Å². The average molecular weight is 307 g/mol. The first-order chi connectivity index (χ1) is 8.72. The highest BCUT2D eigenvalue weighted by Crippen LogP contribution is 2.26. The van der Waals surface area contributed by atoms with Crippen molar-refractivity contribution in [3.63, 3.8) is 0 Å². The Morgan fingerprint density at radius 3 is 2.89 bits per heavy atom. The van der Waals surface area contributed by atoms with Gasteiger partial charge in [0.2, 0.25) is 5.88 Å². The lowest BCUT2D eigenvalue weighted by Gasteiger charge is -2.11. The fourth-order valence-corrected chi connectivity index (χ4v) is 2.12. The molecular weight excluding hydrogens is 292 g/mol. The quantitative estimate of drug-likeness (QED) is 0.933. The molecule has 0 spiro atoms. The van der Waals surface area contributed by atoms with Gasteiger partial charge in [0.1, 0.15) is 0 Å². The predicted octanol–water partition coefficient (Wildman–Crippen LogP) is 3.77. The second-order valence-corrected chi connectivity index (χ2v) is 4.75. The van der Waals surface area contributed by atoms with Crippen LogP contribution in [-0.4, -0.2) is 12.1 Å². The third-order valence-electron chi connectivity index (χ3n) is 2.70. The number of nitrogens with one attached hydrogen (secondary N) is 1. The fourth-order valence-electron chi connectivity index (χ4n) is 1.72. The number of nitrogens with zero attached hydrogens (tertiary/aromatic N) is 1. The Balaban J connectivity index is 2.14. The first-order valence-electron chi connectivity index (χ1n) is 5.69. The van der Waals surface area contributed by atoms with Crippen molar-refractivity contribution in [3.05, 3.63) is 52.1 Å². The van der Waals surface area contributed by atoms with Gasteiger partial charge in [-0.1, -0.05) is 18.2 Å². The van der Waals surface area contributed by atoms with Crippen LogP contribution in [0, 0.1) is 6.92 Å². The van der Waals surface area contributed by atoms with Crippen LogP contribution in [0.5, 0.6) is 5.88 Å². The highest BCUT2D eigenvalue weighted by molar-refractivity contribution is 9.10. The van der Waals surface area contributed by atoms with Crippen molar-refractivity contribution in [1.29, 1.82) is 0 Å². The molecule has 0 saturated heterocycles. The van der Waals surface area contributed by atoms with Crippen molar-refractivity contribution >= 4 is 21.6 Å². The number of anilines is 1. The number of hydrogen-bond acceptors (Lipinski definition) is 3. The molecule has 2 rings (SSSR count). The maximum Gasteiger partial charge on any atom is 0.218 e. The van der Waals surface area contributed by atoms with Crippen LogP contribution in [0.4, 0.5) is 5.69 Å². The van der Waals surface area contributed by atoms with E-state index in [0.717, 1.165) is 15.7 Å². The molecule has 0 unspecified atom stereocenters. The van der Waals surface area contributed by atoms with Crippen LogP contribution in [0.2, 0.25) is 0 Å². The van der Waals surface area contributed by atoms with Gasteiger partial charge in [-0.2, -0.15) is 0 Å². The summed E-state index contributed by atoms with van der Waals surface area (Å²) >= 11 is 3.58. The van der Waals surface area contributed by atoms with Gasteiger partial charge in [0.25, 0.3) is 0 Å². The van der Waals surface area contributed by atoms with Gasteiger partial charge in [-0.05, 0) is 40.5 Å². The molecule has 0 amide bonds. The second-order valence-electron chi connectivity index (χ2n) is 3.96. The van der Waals surface area contributed by atoms with Crippen LogP contribution in [0.3, 0.4) is 0 Å². The highest BCUT2D eigenvalue weighted by atomic mass is 79.9. The monoisotopic (exact) mass is 306 g/mol. The van der Waals surface area contributed by atoms with Crippen molar-refractivity contribution in [1.82, 2.24) is 4.98 Å². The number of halogens is 1. The lowest BCUT2D eigenvalue weighted by molar-refractivity contribution is 0.393. The molecule has 0 atom stereocenters. The number of aromatic nitrogens is 1. The zero-order valence-electron chi connectivity index (χ0n) is 10.4. The molecule has 0 bridgehead atoms. The Hall–Kier alpha value is -1.55. The molecule has 1 N–H and O–H groups in total. The van der Waals surface area contributed by atoms with Gasteiger partial charge in [-0.25, -0.2) is 4.98 Å². The SMILES string of the molecule is COc1ncccc1CNc1cccc(C)c1Br. The number of benzene rings is 1. The molecule has 0 aliphatic heterocycles.